The Morgan fingerprint density at radius 1 is 0.962 bits per heavy atom. The van der Waals surface area contributed by atoms with Crippen molar-refractivity contribution in [3.05, 3.63) is 48.0 Å². The summed E-state index contributed by atoms with van der Waals surface area (Å²) in [5.74, 6) is -3.00. The Bertz CT molecular complexity index is 562. The van der Waals surface area contributed by atoms with Crippen molar-refractivity contribution >= 4 is 11.9 Å². The highest BCUT2D eigenvalue weighted by Gasteiger charge is 2.26. The molecule has 0 radical (unpaired) electrons. The van der Waals surface area contributed by atoms with Gasteiger partial charge in [-0.2, -0.15) is 0 Å². The highest BCUT2D eigenvalue weighted by molar-refractivity contribution is 5.73. The van der Waals surface area contributed by atoms with E-state index in [-0.39, 0.29) is 6.42 Å². The summed E-state index contributed by atoms with van der Waals surface area (Å²) in [4.78, 5) is 23.1. The molecule has 0 spiro atoms. The second-order valence-corrected chi connectivity index (χ2v) is 6.98. The minimum Gasteiger partial charge on any atom is -0.481 e. The molecule has 4 nitrogen and oxygen atoms in total. The van der Waals surface area contributed by atoms with Crippen LogP contribution in [0.1, 0.15) is 63.0 Å². The first-order chi connectivity index (χ1) is 12.5. The van der Waals surface area contributed by atoms with Gasteiger partial charge in [-0.25, -0.2) is 0 Å². The highest BCUT2D eigenvalue weighted by atomic mass is 16.4. The maximum atomic E-state index is 11.6. The van der Waals surface area contributed by atoms with Gasteiger partial charge in [-0.05, 0) is 56.1 Å². The van der Waals surface area contributed by atoms with E-state index in [9.17, 15) is 19.8 Å². The molecular formula is C22H32O4. The molecule has 0 heterocycles. The Hall–Kier alpha value is -2.10. The summed E-state index contributed by atoms with van der Waals surface area (Å²) in [5, 5.41) is 18.9. The number of carboxylic acids is 2. The zero-order chi connectivity index (χ0) is 19.4. The molecule has 2 atom stereocenters. The van der Waals surface area contributed by atoms with Crippen LogP contribution in [0.4, 0.5) is 0 Å². The van der Waals surface area contributed by atoms with Crippen LogP contribution in [0.5, 0.6) is 0 Å². The molecule has 0 aliphatic carbocycles. The Kier molecular flexibility index (Phi) is 10.4. The lowest BCUT2D eigenvalue weighted by Gasteiger charge is -2.18. The minimum atomic E-state index is -0.898. The number of unbranched alkanes of at least 4 members (excludes halogenated alkanes) is 2. The third-order valence-corrected chi connectivity index (χ3v) is 4.82. The van der Waals surface area contributed by atoms with Gasteiger partial charge in [0.1, 0.15) is 0 Å². The monoisotopic (exact) mass is 360 g/mol. The summed E-state index contributed by atoms with van der Waals surface area (Å²) in [7, 11) is 0. The number of aliphatic carboxylic acids is 2. The maximum absolute atomic E-state index is 11.6. The van der Waals surface area contributed by atoms with Gasteiger partial charge in [0, 0.05) is 0 Å². The van der Waals surface area contributed by atoms with Crippen LogP contribution in [0.2, 0.25) is 0 Å². The van der Waals surface area contributed by atoms with Crippen LogP contribution in [0, 0.1) is 11.8 Å². The first-order valence-corrected chi connectivity index (χ1v) is 9.62. The Balaban J connectivity index is 2.58. The molecule has 1 aromatic rings. The van der Waals surface area contributed by atoms with Gasteiger partial charge < -0.3 is 10.2 Å². The third kappa shape index (κ3) is 8.32. The van der Waals surface area contributed by atoms with Gasteiger partial charge in [0.05, 0.1) is 11.8 Å². The fourth-order valence-corrected chi connectivity index (χ4v) is 3.21. The Morgan fingerprint density at radius 3 is 2.00 bits per heavy atom. The minimum absolute atomic E-state index is 0.201. The van der Waals surface area contributed by atoms with Crippen LogP contribution in [0.25, 0.3) is 0 Å². The van der Waals surface area contributed by atoms with Crippen LogP contribution in [0.3, 0.4) is 0 Å². The molecule has 2 N–H and O–H groups in total. The summed E-state index contributed by atoms with van der Waals surface area (Å²) < 4.78 is 0. The van der Waals surface area contributed by atoms with E-state index in [4.69, 9.17) is 0 Å². The predicted octanol–water partition coefficient (Wildman–Crippen LogP) is 5.11. The smallest absolute Gasteiger partial charge is 0.306 e. The quantitative estimate of drug-likeness (QED) is 0.357. The van der Waals surface area contributed by atoms with Crippen molar-refractivity contribution in [2.45, 2.75) is 64.7 Å². The number of rotatable bonds is 14. The fraction of sp³-hybridized carbons (Fsp3) is 0.545. The Morgan fingerprint density at radius 2 is 1.50 bits per heavy atom. The van der Waals surface area contributed by atoms with Crippen LogP contribution < -0.4 is 0 Å². The van der Waals surface area contributed by atoms with Gasteiger partial charge in [0.25, 0.3) is 0 Å². The number of allylic oxidation sites excluding steroid dienone is 1. The van der Waals surface area contributed by atoms with E-state index in [0.717, 1.165) is 37.7 Å². The van der Waals surface area contributed by atoms with Gasteiger partial charge >= 0.3 is 11.9 Å². The van der Waals surface area contributed by atoms with Crippen molar-refractivity contribution in [3.63, 3.8) is 0 Å². The molecule has 1 rings (SSSR count). The number of hydrogen-bond donors (Lipinski definition) is 2. The summed E-state index contributed by atoms with van der Waals surface area (Å²) in [6, 6.07) is 8.28. The van der Waals surface area contributed by atoms with E-state index < -0.39 is 23.8 Å². The summed E-state index contributed by atoms with van der Waals surface area (Å²) in [6.45, 7) is 5.80. The average molecular weight is 360 g/mol. The molecular weight excluding hydrogens is 328 g/mol. The van der Waals surface area contributed by atoms with Gasteiger partial charge in [-0.3, -0.25) is 9.59 Å². The highest BCUT2D eigenvalue weighted by Crippen LogP contribution is 2.24. The number of hydrogen-bond acceptors (Lipinski definition) is 2. The molecule has 0 bridgehead atoms. The molecule has 0 aliphatic rings. The molecule has 4 heteroatoms. The van der Waals surface area contributed by atoms with Crippen LogP contribution >= 0.6 is 0 Å². The van der Waals surface area contributed by atoms with Crippen LogP contribution in [0.15, 0.2) is 36.9 Å². The number of aryl methyl sites for hydroxylation is 2. The molecule has 0 saturated carbocycles. The molecule has 0 amide bonds. The molecule has 0 fully saturated rings. The van der Waals surface area contributed by atoms with Crippen molar-refractivity contribution in [2.24, 2.45) is 11.8 Å². The van der Waals surface area contributed by atoms with Gasteiger partial charge in [0.2, 0.25) is 0 Å². The molecule has 0 aromatic heterocycles. The first kappa shape index (κ1) is 21.9. The van der Waals surface area contributed by atoms with Crippen LogP contribution in [-0.4, -0.2) is 22.2 Å². The standard InChI is InChI=1S/C22H32O4/c1-3-5-6-7-9-19(21(23)24)16-20(22(25)26)15-14-18-12-10-17(8-4-2)11-13-18/h3,10-13,19-20H,1,4-9,14-16H2,2H3,(H,23,24)(H,25,26). The predicted molar refractivity (Wildman–Crippen MR) is 104 cm³/mol. The van der Waals surface area contributed by atoms with E-state index in [1.165, 1.54) is 5.56 Å². The van der Waals surface area contributed by atoms with E-state index in [2.05, 4.69) is 25.6 Å². The Labute approximate surface area is 156 Å². The summed E-state index contributed by atoms with van der Waals surface area (Å²) in [6.07, 6.45) is 8.37. The second kappa shape index (κ2) is 12.3. The van der Waals surface area contributed by atoms with E-state index in [1.54, 1.807) is 0 Å². The topological polar surface area (TPSA) is 74.6 Å². The van der Waals surface area contributed by atoms with Gasteiger partial charge in [-0.1, -0.05) is 50.1 Å². The number of carbonyl (C=O) groups is 2. The van der Waals surface area contributed by atoms with E-state index >= 15 is 0 Å². The van der Waals surface area contributed by atoms with Crippen molar-refractivity contribution in [2.75, 3.05) is 0 Å². The number of carboxylic acid groups (broad SMARTS) is 2. The molecule has 0 aliphatic heterocycles. The summed E-state index contributed by atoms with van der Waals surface area (Å²) in [5.41, 5.74) is 2.39. The third-order valence-electron chi connectivity index (χ3n) is 4.82. The van der Waals surface area contributed by atoms with Crippen LogP contribution in [-0.2, 0) is 22.4 Å². The van der Waals surface area contributed by atoms with Gasteiger partial charge in [0.15, 0.2) is 0 Å². The normalized spacial score (nSPS) is 13.1. The zero-order valence-electron chi connectivity index (χ0n) is 15.8. The average Bonchev–Trinajstić information content (AvgIpc) is 2.61. The van der Waals surface area contributed by atoms with Gasteiger partial charge in [-0.15, -0.1) is 6.58 Å². The molecule has 0 saturated heterocycles. The largest absolute Gasteiger partial charge is 0.481 e. The number of benzene rings is 1. The van der Waals surface area contributed by atoms with Crippen molar-refractivity contribution in [3.8, 4) is 0 Å². The van der Waals surface area contributed by atoms with Crippen molar-refractivity contribution in [1.29, 1.82) is 0 Å². The van der Waals surface area contributed by atoms with Crippen molar-refractivity contribution < 1.29 is 19.8 Å². The van der Waals surface area contributed by atoms with E-state index in [0.29, 0.717) is 19.3 Å². The second-order valence-electron chi connectivity index (χ2n) is 6.98. The SMILES string of the molecule is C=CCCCCC(CC(CCc1ccc(CCC)cc1)C(=O)O)C(=O)O. The molecule has 144 valence electrons. The maximum Gasteiger partial charge on any atom is 0.306 e. The van der Waals surface area contributed by atoms with E-state index in [1.807, 2.05) is 18.2 Å². The summed E-state index contributed by atoms with van der Waals surface area (Å²) >= 11 is 0. The zero-order valence-corrected chi connectivity index (χ0v) is 15.8. The lowest BCUT2D eigenvalue weighted by atomic mass is 9.87. The lowest BCUT2D eigenvalue weighted by Crippen LogP contribution is -2.23. The molecule has 1 aromatic carbocycles. The molecule has 26 heavy (non-hydrogen) atoms. The lowest BCUT2D eigenvalue weighted by molar-refractivity contribution is -0.146. The first-order valence-electron chi connectivity index (χ1n) is 9.62. The fourth-order valence-electron chi connectivity index (χ4n) is 3.21. The van der Waals surface area contributed by atoms with Crippen molar-refractivity contribution in [1.82, 2.24) is 0 Å². The molecule has 2 unspecified atom stereocenters.